The van der Waals surface area contributed by atoms with Crippen LogP contribution in [-0.4, -0.2) is 46.6 Å². The molecule has 172 valence electrons. The molecule has 0 saturated carbocycles. The Morgan fingerprint density at radius 3 is 2.81 bits per heavy atom. The molecule has 1 atom stereocenters. The monoisotopic (exact) mass is 542 g/mol. The highest BCUT2D eigenvalue weighted by atomic mass is 127. The number of aliphatic imine (C=N–C) groups is 1. The summed E-state index contributed by atoms with van der Waals surface area (Å²) in [6.07, 6.45) is 3.26. The fourth-order valence-corrected chi connectivity index (χ4v) is 3.18. The molecule has 1 aromatic carbocycles. The molecule has 1 aromatic heterocycles. The molecule has 1 fully saturated rings. The van der Waals surface area contributed by atoms with E-state index < -0.39 is 0 Å². The molecule has 8 nitrogen and oxygen atoms in total. The lowest BCUT2D eigenvalue weighted by Gasteiger charge is -2.16. The van der Waals surface area contributed by atoms with Crippen LogP contribution in [0.2, 0.25) is 0 Å². The third kappa shape index (κ3) is 7.64. The predicted octanol–water partition coefficient (Wildman–Crippen LogP) is 3.25. The average molecular weight is 542 g/mol. The number of benzene rings is 1. The summed E-state index contributed by atoms with van der Waals surface area (Å²) in [5, 5.41) is 15.1. The number of unbranched alkanes of at least 4 members (excludes halogenated alkanes) is 1. The summed E-state index contributed by atoms with van der Waals surface area (Å²) < 4.78 is 13.6. The maximum atomic E-state index is 6.21. The summed E-state index contributed by atoms with van der Waals surface area (Å²) in [6.45, 7) is 9.58. The van der Waals surface area contributed by atoms with Gasteiger partial charge in [-0.15, -0.1) is 34.2 Å². The topological polar surface area (TPSA) is 85.6 Å². The summed E-state index contributed by atoms with van der Waals surface area (Å²) in [5.74, 6) is 3.42. The lowest BCUT2D eigenvalue weighted by atomic mass is 10.1. The molecule has 3 rings (SSSR count). The number of nitrogens with zero attached hydrogens (tertiary/aromatic N) is 4. The van der Waals surface area contributed by atoms with Gasteiger partial charge in [-0.25, -0.2) is 4.99 Å². The molecule has 0 aliphatic carbocycles. The molecule has 2 heterocycles. The van der Waals surface area contributed by atoms with Gasteiger partial charge >= 0.3 is 0 Å². The second kappa shape index (κ2) is 12.8. The molecule has 0 bridgehead atoms. The molecule has 2 N–H and O–H groups in total. The van der Waals surface area contributed by atoms with Crippen LogP contribution in [-0.2, 0) is 24.9 Å². The molecule has 1 aliphatic rings. The lowest BCUT2D eigenvalue weighted by molar-refractivity contribution is 0.140. The largest absolute Gasteiger partial charge is 0.488 e. The van der Waals surface area contributed by atoms with Gasteiger partial charge in [0.15, 0.2) is 11.8 Å². The molecule has 0 spiro atoms. The Labute approximate surface area is 202 Å². The molecule has 1 saturated heterocycles. The maximum absolute atomic E-state index is 6.21. The van der Waals surface area contributed by atoms with Gasteiger partial charge in [-0.1, -0.05) is 25.5 Å². The molecular formula is C22H35IN6O2. The van der Waals surface area contributed by atoms with Crippen LogP contribution in [0.1, 0.15) is 49.0 Å². The molecule has 31 heavy (non-hydrogen) atoms. The van der Waals surface area contributed by atoms with E-state index in [2.05, 4.69) is 52.9 Å². The number of ether oxygens (including phenoxy) is 2. The Morgan fingerprint density at radius 1 is 1.29 bits per heavy atom. The average Bonchev–Trinajstić information content (AvgIpc) is 3.35. The first-order valence-electron chi connectivity index (χ1n) is 10.8. The van der Waals surface area contributed by atoms with E-state index >= 15 is 0 Å². The highest BCUT2D eigenvalue weighted by molar-refractivity contribution is 14.0. The number of hydrogen-bond donors (Lipinski definition) is 2. The first kappa shape index (κ1) is 25.4. The summed E-state index contributed by atoms with van der Waals surface area (Å²) in [5.41, 5.74) is 2.24. The summed E-state index contributed by atoms with van der Waals surface area (Å²) in [4.78, 5) is 4.81. The lowest BCUT2D eigenvalue weighted by Crippen LogP contribution is -2.38. The first-order chi connectivity index (χ1) is 14.6. The highest BCUT2D eigenvalue weighted by Gasteiger charge is 2.18. The SMILES string of the molecule is CCCCNC(=NCc1ccc(C)cc1OC1CCOC1)NCc1nnc(C)n1C.I. The number of halogens is 1. The number of aryl methyl sites for hydroxylation is 2. The van der Waals surface area contributed by atoms with Crippen LogP contribution in [0.15, 0.2) is 23.2 Å². The van der Waals surface area contributed by atoms with Gasteiger partial charge < -0.3 is 24.7 Å². The van der Waals surface area contributed by atoms with Crippen LogP contribution in [0.25, 0.3) is 0 Å². The second-order valence-electron chi connectivity index (χ2n) is 7.74. The molecule has 2 aromatic rings. The van der Waals surface area contributed by atoms with E-state index in [1.807, 2.05) is 18.5 Å². The molecule has 9 heteroatoms. The Balaban J connectivity index is 0.00000341. The number of nitrogens with one attached hydrogen (secondary N) is 2. The van der Waals surface area contributed by atoms with Crippen molar-refractivity contribution in [2.45, 2.75) is 59.2 Å². The molecule has 0 radical (unpaired) electrons. The summed E-state index contributed by atoms with van der Waals surface area (Å²) in [7, 11) is 1.97. The molecule has 1 aliphatic heterocycles. The smallest absolute Gasteiger partial charge is 0.191 e. The van der Waals surface area contributed by atoms with Crippen molar-refractivity contribution in [2.24, 2.45) is 12.0 Å². The number of hydrogen-bond acceptors (Lipinski definition) is 5. The molecule has 1 unspecified atom stereocenters. The van der Waals surface area contributed by atoms with Crippen LogP contribution in [0, 0.1) is 13.8 Å². The van der Waals surface area contributed by atoms with Crippen molar-refractivity contribution in [3.8, 4) is 5.75 Å². The predicted molar refractivity (Wildman–Crippen MR) is 133 cm³/mol. The van der Waals surface area contributed by atoms with Crippen molar-refractivity contribution in [3.05, 3.63) is 41.0 Å². The maximum Gasteiger partial charge on any atom is 0.191 e. The molecule has 0 amide bonds. The van der Waals surface area contributed by atoms with Gasteiger partial charge in [-0.05, 0) is 31.9 Å². The minimum atomic E-state index is 0. The van der Waals surface area contributed by atoms with Crippen LogP contribution < -0.4 is 15.4 Å². The zero-order valence-corrected chi connectivity index (χ0v) is 21.3. The highest BCUT2D eigenvalue weighted by Crippen LogP contribution is 2.24. The van der Waals surface area contributed by atoms with Gasteiger partial charge in [0.05, 0.1) is 26.3 Å². The van der Waals surface area contributed by atoms with Crippen LogP contribution in [0.4, 0.5) is 0 Å². The fraction of sp³-hybridized carbons (Fsp3) is 0.591. The summed E-state index contributed by atoms with van der Waals surface area (Å²) >= 11 is 0. The zero-order valence-electron chi connectivity index (χ0n) is 19.0. The third-order valence-corrected chi connectivity index (χ3v) is 5.23. The van der Waals surface area contributed by atoms with Crippen LogP contribution >= 0.6 is 24.0 Å². The van der Waals surface area contributed by atoms with E-state index in [-0.39, 0.29) is 30.1 Å². The second-order valence-corrected chi connectivity index (χ2v) is 7.74. The molecular weight excluding hydrogens is 507 g/mol. The van der Waals surface area contributed by atoms with Crippen LogP contribution in [0.5, 0.6) is 5.75 Å². The normalized spacial score (nSPS) is 16.1. The number of rotatable bonds is 9. The Morgan fingerprint density at radius 2 is 2.13 bits per heavy atom. The van der Waals surface area contributed by atoms with Gasteiger partial charge in [0, 0.05) is 25.6 Å². The van der Waals surface area contributed by atoms with E-state index in [0.717, 1.165) is 61.3 Å². The summed E-state index contributed by atoms with van der Waals surface area (Å²) in [6, 6.07) is 6.28. The quantitative estimate of drug-likeness (QED) is 0.219. The van der Waals surface area contributed by atoms with Crippen molar-refractivity contribution in [1.29, 1.82) is 0 Å². The fourth-order valence-electron chi connectivity index (χ4n) is 3.18. The minimum absolute atomic E-state index is 0. The Hall–Kier alpha value is -1.88. The van der Waals surface area contributed by atoms with Gasteiger partial charge in [0.25, 0.3) is 0 Å². The zero-order chi connectivity index (χ0) is 21.3. The van der Waals surface area contributed by atoms with E-state index in [0.29, 0.717) is 19.7 Å². The van der Waals surface area contributed by atoms with Gasteiger partial charge in [0.2, 0.25) is 0 Å². The Bertz CT molecular complexity index is 849. The number of guanidine groups is 1. The van der Waals surface area contributed by atoms with E-state index in [4.69, 9.17) is 14.5 Å². The van der Waals surface area contributed by atoms with Gasteiger partial charge in [0.1, 0.15) is 17.7 Å². The third-order valence-electron chi connectivity index (χ3n) is 5.23. The Kier molecular flexibility index (Phi) is 10.5. The van der Waals surface area contributed by atoms with Crippen molar-refractivity contribution in [2.75, 3.05) is 19.8 Å². The van der Waals surface area contributed by atoms with Crippen molar-refractivity contribution in [1.82, 2.24) is 25.4 Å². The standard InChI is InChI=1S/C22H34N6O2.HI/c1-5-6-10-23-22(25-14-21-27-26-17(3)28(21)4)24-13-18-8-7-16(2)12-20(18)30-19-9-11-29-15-19;/h7-8,12,19H,5-6,9-11,13-15H2,1-4H3,(H2,23,24,25);1H. The minimum Gasteiger partial charge on any atom is -0.488 e. The van der Waals surface area contributed by atoms with Gasteiger partial charge in [-0.3, -0.25) is 0 Å². The van der Waals surface area contributed by atoms with Crippen molar-refractivity contribution >= 4 is 29.9 Å². The van der Waals surface area contributed by atoms with Crippen molar-refractivity contribution < 1.29 is 9.47 Å². The van der Waals surface area contributed by atoms with Gasteiger partial charge in [-0.2, -0.15) is 0 Å². The van der Waals surface area contributed by atoms with E-state index in [1.165, 1.54) is 5.56 Å². The van der Waals surface area contributed by atoms with Crippen LogP contribution in [0.3, 0.4) is 0 Å². The number of aromatic nitrogens is 3. The van der Waals surface area contributed by atoms with Crippen molar-refractivity contribution in [3.63, 3.8) is 0 Å². The van der Waals surface area contributed by atoms with E-state index in [1.54, 1.807) is 0 Å². The first-order valence-corrected chi connectivity index (χ1v) is 10.8. The van der Waals surface area contributed by atoms with E-state index in [9.17, 15) is 0 Å².